The van der Waals surface area contributed by atoms with Crippen LogP contribution in [0, 0.1) is 0 Å². The number of para-hydroxylation sites is 2. The van der Waals surface area contributed by atoms with Crippen molar-refractivity contribution in [2.24, 2.45) is 0 Å². The molecule has 1 heterocycles. The fourth-order valence-electron chi connectivity index (χ4n) is 2.92. The molecule has 0 saturated carbocycles. The second-order valence-electron chi connectivity index (χ2n) is 6.20. The molecule has 24 heavy (non-hydrogen) atoms. The summed E-state index contributed by atoms with van der Waals surface area (Å²) in [5, 5.41) is 4.85. The molecule has 0 spiro atoms. The van der Waals surface area contributed by atoms with E-state index in [9.17, 15) is 9.59 Å². The first kappa shape index (κ1) is 16.2. The summed E-state index contributed by atoms with van der Waals surface area (Å²) in [6.07, 6.45) is 0. The summed E-state index contributed by atoms with van der Waals surface area (Å²) < 4.78 is 0. The Hall–Kier alpha value is -2.66. The van der Waals surface area contributed by atoms with E-state index in [2.05, 4.69) is 10.3 Å². The monoisotopic (exact) mass is 323 g/mol. The van der Waals surface area contributed by atoms with Gasteiger partial charge >= 0.3 is 0 Å². The lowest BCUT2D eigenvalue weighted by Gasteiger charge is -2.10. The predicted molar refractivity (Wildman–Crippen MR) is 96.7 cm³/mol. The van der Waals surface area contributed by atoms with Gasteiger partial charge in [0.15, 0.2) is 5.78 Å². The van der Waals surface area contributed by atoms with Crippen molar-refractivity contribution >= 4 is 33.5 Å². The minimum absolute atomic E-state index is 0.00383. The number of nitrogens with one attached hydrogen (secondary N) is 2. The smallest absolute Gasteiger partial charge is 0.253 e. The van der Waals surface area contributed by atoms with Crippen LogP contribution in [0.3, 0.4) is 0 Å². The highest BCUT2D eigenvalue weighted by molar-refractivity contribution is 6.18. The quantitative estimate of drug-likeness (QED) is 0.710. The summed E-state index contributed by atoms with van der Waals surface area (Å²) in [4.78, 5) is 29.7. The van der Waals surface area contributed by atoms with Gasteiger partial charge in [-0.05, 0) is 33.2 Å². The van der Waals surface area contributed by atoms with Crippen LogP contribution in [0.25, 0.3) is 21.8 Å². The molecule has 0 fully saturated rings. The number of rotatable bonds is 5. The van der Waals surface area contributed by atoms with Crippen LogP contribution in [0.4, 0.5) is 0 Å². The molecule has 2 aromatic carbocycles. The van der Waals surface area contributed by atoms with E-state index in [-0.39, 0.29) is 11.7 Å². The van der Waals surface area contributed by atoms with Crippen molar-refractivity contribution in [2.75, 3.05) is 27.2 Å². The second-order valence-corrected chi connectivity index (χ2v) is 6.20. The van der Waals surface area contributed by atoms with Crippen molar-refractivity contribution in [3.63, 3.8) is 0 Å². The molecule has 5 nitrogen and oxygen atoms in total. The lowest BCUT2D eigenvalue weighted by atomic mass is 10.1. The number of hydrogen-bond donors (Lipinski definition) is 2. The third kappa shape index (κ3) is 2.90. The van der Waals surface area contributed by atoms with Gasteiger partial charge in [0, 0.05) is 29.4 Å². The fraction of sp³-hybridized carbons (Fsp3) is 0.263. The maximum Gasteiger partial charge on any atom is 0.253 e. The first-order chi connectivity index (χ1) is 11.5. The molecule has 3 rings (SSSR count). The van der Waals surface area contributed by atoms with Crippen molar-refractivity contribution < 1.29 is 9.59 Å². The van der Waals surface area contributed by atoms with E-state index >= 15 is 0 Å². The molecule has 1 amide bonds. The number of Topliss-reactive ketones (excluding diaryl/α,β-unsaturated/α-hetero) is 1. The van der Waals surface area contributed by atoms with Gasteiger partial charge in [-0.2, -0.15) is 0 Å². The number of aromatic nitrogens is 1. The number of hydrogen-bond acceptors (Lipinski definition) is 3. The maximum atomic E-state index is 12.5. The Labute approximate surface area is 140 Å². The Morgan fingerprint density at radius 3 is 2.17 bits per heavy atom. The van der Waals surface area contributed by atoms with Crippen LogP contribution in [-0.4, -0.2) is 48.8 Å². The number of ketones is 1. The van der Waals surface area contributed by atoms with Crippen LogP contribution in [0.15, 0.2) is 36.4 Å². The second kappa shape index (κ2) is 6.45. The average Bonchev–Trinajstić information content (AvgIpc) is 2.92. The average molecular weight is 323 g/mol. The summed E-state index contributed by atoms with van der Waals surface area (Å²) >= 11 is 0. The number of amides is 1. The number of H-pyrrole nitrogens is 1. The number of likely N-dealkylation sites (N-methyl/N-ethyl adjacent to an activating group) is 1. The molecule has 1 aromatic heterocycles. The fourth-order valence-corrected chi connectivity index (χ4v) is 2.92. The summed E-state index contributed by atoms with van der Waals surface area (Å²) in [6, 6.07) is 11.3. The van der Waals surface area contributed by atoms with E-state index in [1.54, 1.807) is 19.1 Å². The Bertz CT molecular complexity index is 925. The van der Waals surface area contributed by atoms with Crippen molar-refractivity contribution in [3.05, 3.63) is 47.5 Å². The van der Waals surface area contributed by atoms with Crippen molar-refractivity contribution in [3.8, 4) is 0 Å². The molecular formula is C19H21N3O2. The van der Waals surface area contributed by atoms with E-state index in [1.165, 1.54) is 0 Å². The van der Waals surface area contributed by atoms with Gasteiger partial charge in [0.2, 0.25) is 0 Å². The predicted octanol–water partition coefficient (Wildman–Crippen LogP) is 2.82. The Morgan fingerprint density at radius 1 is 1.00 bits per heavy atom. The van der Waals surface area contributed by atoms with Gasteiger partial charge in [0.05, 0.1) is 16.6 Å². The first-order valence-electron chi connectivity index (χ1n) is 7.96. The molecule has 0 unspecified atom stereocenters. The van der Waals surface area contributed by atoms with Crippen molar-refractivity contribution in [1.29, 1.82) is 0 Å². The highest BCUT2D eigenvalue weighted by Gasteiger charge is 2.16. The number of aromatic amines is 1. The highest BCUT2D eigenvalue weighted by Crippen LogP contribution is 2.29. The standard InChI is InChI=1S/C19H21N3O2/c1-12(23)13-6-4-7-14-15-8-5-9-16(18(15)21-17(13)14)19(24)20-10-11-22(2)3/h4-9,21H,10-11H2,1-3H3,(H,20,24). The molecule has 2 N–H and O–H groups in total. The van der Waals surface area contributed by atoms with Crippen LogP contribution < -0.4 is 5.32 Å². The van der Waals surface area contributed by atoms with Crippen LogP contribution in [0.1, 0.15) is 27.6 Å². The maximum absolute atomic E-state index is 12.5. The lowest BCUT2D eigenvalue weighted by Crippen LogP contribution is -2.31. The molecule has 0 saturated heterocycles. The summed E-state index contributed by atoms with van der Waals surface area (Å²) in [5.74, 6) is -0.109. The Morgan fingerprint density at radius 2 is 1.58 bits per heavy atom. The molecule has 3 aromatic rings. The molecule has 0 atom stereocenters. The van der Waals surface area contributed by atoms with Crippen LogP contribution >= 0.6 is 0 Å². The minimum atomic E-state index is -0.113. The number of benzene rings is 2. The van der Waals surface area contributed by atoms with Crippen LogP contribution in [-0.2, 0) is 0 Å². The molecule has 0 aliphatic heterocycles. The number of fused-ring (bicyclic) bond motifs is 3. The zero-order chi connectivity index (χ0) is 17.3. The summed E-state index contributed by atoms with van der Waals surface area (Å²) in [5.41, 5.74) is 2.79. The van der Waals surface area contributed by atoms with Gasteiger partial charge in [-0.15, -0.1) is 0 Å². The number of carbonyl (C=O) groups excluding carboxylic acids is 2. The van der Waals surface area contributed by atoms with Crippen molar-refractivity contribution in [1.82, 2.24) is 15.2 Å². The molecule has 0 aliphatic rings. The van der Waals surface area contributed by atoms with Gasteiger partial charge in [0.1, 0.15) is 0 Å². The molecule has 0 radical (unpaired) electrons. The van der Waals surface area contributed by atoms with Gasteiger partial charge < -0.3 is 15.2 Å². The third-order valence-electron chi connectivity index (χ3n) is 4.14. The summed E-state index contributed by atoms with van der Waals surface area (Å²) in [6.45, 7) is 2.92. The zero-order valence-corrected chi connectivity index (χ0v) is 14.1. The normalized spacial score (nSPS) is 11.3. The molecule has 0 bridgehead atoms. The van der Waals surface area contributed by atoms with Gasteiger partial charge in [-0.3, -0.25) is 9.59 Å². The Kier molecular flexibility index (Phi) is 4.36. The molecule has 124 valence electrons. The van der Waals surface area contributed by atoms with E-state index in [0.717, 1.165) is 28.4 Å². The molecule has 0 aliphatic carbocycles. The van der Waals surface area contributed by atoms with Crippen LogP contribution in [0.5, 0.6) is 0 Å². The summed E-state index contributed by atoms with van der Waals surface area (Å²) in [7, 11) is 3.93. The van der Waals surface area contributed by atoms with E-state index in [0.29, 0.717) is 17.7 Å². The number of nitrogens with zero attached hydrogens (tertiary/aromatic N) is 1. The first-order valence-corrected chi connectivity index (χ1v) is 7.96. The Balaban J connectivity index is 2.07. The van der Waals surface area contributed by atoms with Gasteiger partial charge in [0.25, 0.3) is 5.91 Å². The topological polar surface area (TPSA) is 65.2 Å². The lowest BCUT2D eigenvalue weighted by molar-refractivity contribution is 0.0951. The minimum Gasteiger partial charge on any atom is -0.353 e. The number of carbonyl (C=O) groups is 2. The van der Waals surface area contributed by atoms with E-state index < -0.39 is 0 Å². The third-order valence-corrected chi connectivity index (χ3v) is 4.14. The van der Waals surface area contributed by atoms with Gasteiger partial charge in [-0.1, -0.05) is 24.3 Å². The van der Waals surface area contributed by atoms with Gasteiger partial charge in [-0.25, -0.2) is 0 Å². The largest absolute Gasteiger partial charge is 0.353 e. The van der Waals surface area contributed by atoms with Crippen LogP contribution in [0.2, 0.25) is 0 Å². The van der Waals surface area contributed by atoms with Crippen molar-refractivity contribution in [2.45, 2.75) is 6.92 Å². The SMILES string of the molecule is CC(=O)c1cccc2c1[nH]c1c(C(=O)NCCN(C)C)cccc12. The zero-order valence-electron chi connectivity index (χ0n) is 14.1. The van der Waals surface area contributed by atoms with E-state index in [4.69, 9.17) is 0 Å². The molecule has 5 heteroatoms. The molecular weight excluding hydrogens is 302 g/mol. The van der Waals surface area contributed by atoms with E-state index in [1.807, 2.05) is 43.3 Å². The highest BCUT2D eigenvalue weighted by atomic mass is 16.1.